The van der Waals surface area contributed by atoms with Crippen LogP contribution in [0.3, 0.4) is 0 Å². The molecule has 0 heterocycles. The van der Waals surface area contributed by atoms with Crippen LogP contribution in [0.25, 0.3) is 0 Å². The molecule has 0 saturated carbocycles. The van der Waals surface area contributed by atoms with Crippen molar-refractivity contribution in [2.75, 3.05) is 20.7 Å². The van der Waals surface area contributed by atoms with Crippen LogP contribution in [0.15, 0.2) is 18.2 Å². The van der Waals surface area contributed by atoms with Gasteiger partial charge in [-0.25, -0.2) is 0 Å². The Hall–Kier alpha value is -1.35. The topological polar surface area (TPSA) is 29.5 Å². The summed E-state index contributed by atoms with van der Waals surface area (Å²) in [4.78, 5) is 13.5. The maximum Gasteiger partial charge on any atom is 0.309 e. The van der Waals surface area contributed by atoms with E-state index >= 15 is 0 Å². The average Bonchev–Trinajstić information content (AvgIpc) is 2.32. The van der Waals surface area contributed by atoms with Gasteiger partial charge in [-0.05, 0) is 37.6 Å². The van der Waals surface area contributed by atoms with Crippen molar-refractivity contribution in [2.24, 2.45) is 5.92 Å². The van der Waals surface area contributed by atoms with E-state index in [9.17, 15) is 4.79 Å². The minimum Gasteiger partial charge on any atom is -0.469 e. The number of ether oxygens (including phenoxy) is 1. The second kappa shape index (κ2) is 6.55. The van der Waals surface area contributed by atoms with Crippen molar-refractivity contribution < 1.29 is 9.53 Å². The third-order valence-electron chi connectivity index (χ3n) is 3.26. The van der Waals surface area contributed by atoms with Gasteiger partial charge in [-0.2, -0.15) is 0 Å². The van der Waals surface area contributed by atoms with E-state index < -0.39 is 0 Å². The monoisotopic (exact) mass is 249 g/mol. The van der Waals surface area contributed by atoms with E-state index in [1.54, 1.807) is 0 Å². The number of benzene rings is 1. The highest BCUT2D eigenvalue weighted by Gasteiger charge is 2.16. The third-order valence-corrected chi connectivity index (χ3v) is 3.26. The van der Waals surface area contributed by atoms with Crippen molar-refractivity contribution in [1.29, 1.82) is 0 Å². The highest BCUT2D eigenvalue weighted by Crippen LogP contribution is 2.15. The largest absolute Gasteiger partial charge is 0.469 e. The number of carbonyl (C=O) groups excluding carboxylic acids is 1. The fraction of sp³-hybridized carbons (Fsp3) is 0.533. The summed E-state index contributed by atoms with van der Waals surface area (Å²) in [6.07, 6.45) is 0. The van der Waals surface area contributed by atoms with Gasteiger partial charge in [0.05, 0.1) is 13.0 Å². The molecular weight excluding hydrogens is 226 g/mol. The van der Waals surface area contributed by atoms with Crippen LogP contribution >= 0.6 is 0 Å². The van der Waals surface area contributed by atoms with Crippen molar-refractivity contribution in [2.45, 2.75) is 27.3 Å². The smallest absolute Gasteiger partial charge is 0.309 e. The lowest BCUT2D eigenvalue weighted by molar-refractivity contribution is -0.145. The molecule has 1 aromatic rings. The summed E-state index contributed by atoms with van der Waals surface area (Å²) in [5.41, 5.74) is 3.94. The SMILES string of the molecule is COC(=O)C(C)CN(C)Cc1c(C)cccc1C. The Morgan fingerprint density at radius 3 is 2.39 bits per heavy atom. The summed E-state index contributed by atoms with van der Waals surface area (Å²) in [5.74, 6) is -0.243. The maximum atomic E-state index is 11.4. The van der Waals surface area contributed by atoms with Crippen LogP contribution in [-0.4, -0.2) is 31.6 Å². The lowest BCUT2D eigenvalue weighted by Gasteiger charge is -2.22. The second-order valence-corrected chi connectivity index (χ2v) is 4.99. The highest BCUT2D eigenvalue weighted by atomic mass is 16.5. The molecule has 0 aromatic heterocycles. The molecule has 1 unspecified atom stereocenters. The number of hydrogen-bond donors (Lipinski definition) is 0. The number of nitrogens with zero attached hydrogens (tertiary/aromatic N) is 1. The number of rotatable bonds is 5. The van der Waals surface area contributed by atoms with Crippen LogP contribution in [-0.2, 0) is 16.1 Å². The van der Waals surface area contributed by atoms with Crippen molar-refractivity contribution in [3.05, 3.63) is 34.9 Å². The maximum absolute atomic E-state index is 11.4. The Kier molecular flexibility index (Phi) is 5.35. The van der Waals surface area contributed by atoms with Gasteiger partial charge >= 0.3 is 5.97 Å². The Morgan fingerprint density at radius 2 is 1.89 bits per heavy atom. The normalized spacial score (nSPS) is 12.6. The molecule has 0 aliphatic carbocycles. The molecule has 0 fully saturated rings. The van der Waals surface area contributed by atoms with Crippen LogP contribution in [0.5, 0.6) is 0 Å². The molecule has 0 bridgehead atoms. The van der Waals surface area contributed by atoms with E-state index in [4.69, 9.17) is 4.74 Å². The van der Waals surface area contributed by atoms with Crippen LogP contribution in [0.4, 0.5) is 0 Å². The zero-order valence-electron chi connectivity index (χ0n) is 12.0. The molecule has 3 nitrogen and oxygen atoms in total. The molecule has 3 heteroatoms. The van der Waals surface area contributed by atoms with E-state index in [0.29, 0.717) is 6.54 Å². The molecule has 18 heavy (non-hydrogen) atoms. The quantitative estimate of drug-likeness (QED) is 0.751. The van der Waals surface area contributed by atoms with Crippen molar-refractivity contribution in [3.63, 3.8) is 0 Å². The summed E-state index contributed by atoms with van der Waals surface area (Å²) >= 11 is 0. The molecule has 0 saturated heterocycles. The van der Waals surface area contributed by atoms with Crippen LogP contribution in [0, 0.1) is 19.8 Å². The first-order chi connectivity index (χ1) is 8.45. The summed E-state index contributed by atoms with van der Waals surface area (Å²) in [6.45, 7) is 7.72. The van der Waals surface area contributed by atoms with Gasteiger partial charge in [0, 0.05) is 13.1 Å². The van der Waals surface area contributed by atoms with Gasteiger partial charge in [0.2, 0.25) is 0 Å². The Balaban J connectivity index is 2.65. The molecule has 0 aliphatic heterocycles. The fourth-order valence-corrected chi connectivity index (χ4v) is 2.18. The Bertz CT molecular complexity index is 395. The average molecular weight is 249 g/mol. The lowest BCUT2D eigenvalue weighted by Crippen LogP contribution is -2.29. The Labute approximate surface area is 110 Å². The predicted molar refractivity (Wildman–Crippen MR) is 73.4 cm³/mol. The molecule has 100 valence electrons. The third kappa shape index (κ3) is 3.84. The molecule has 0 spiro atoms. The highest BCUT2D eigenvalue weighted by molar-refractivity contribution is 5.72. The predicted octanol–water partition coefficient (Wildman–Crippen LogP) is 2.54. The molecule has 0 amide bonds. The van der Waals surface area contributed by atoms with Crippen molar-refractivity contribution >= 4 is 5.97 Å². The first-order valence-electron chi connectivity index (χ1n) is 6.27. The molecule has 1 rings (SSSR count). The van der Waals surface area contributed by atoms with Crippen molar-refractivity contribution in [1.82, 2.24) is 4.90 Å². The Morgan fingerprint density at radius 1 is 1.33 bits per heavy atom. The van der Waals surface area contributed by atoms with E-state index in [1.807, 2.05) is 14.0 Å². The number of methoxy groups -OCH3 is 1. The number of aryl methyl sites for hydroxylation is 2. The van der Waals surface area contributed by atoms with Gasteiger partial charge < -0.3 is 9.64 Å². The number of esters is 1. The molecule has 0 aliphatic rings. The number of carbonyl (C=O) groups is 1. The van der Waals surface area contributed by atoms with E-state index in [2.05, 4.69) is 36.9 Å². The molecule has 0 radical (unpaired) electrons. The molecule has 1 atom stereocenters. The molecule has 0 N–H and O–H groups in total. The van der Waals surface area contributed by atoms with E-state index in [-0.39, 0.29) is 11.9 Å². The first-order valence-corrected chi connectivity index (χ1v) is 6.27. The van der Waals surface area contributed by atoms with Gasteiger partial charge in [0.1, 0.15) is 0 Å². The summed E-state index contributed by atoms with van der Waals surface area (Å²) in [5, 5.41) is 0. The molecule has 1 aromatic carbocycles. The standard InChI is InChI=1S/C15H23NO2/c1-11-7-6-8-12(2)14(11)10-16(4)9-13(3)15(17)18-5/h6-8,13H,9-10H2,1-5H3. The van der Waals surface area contributed by atoms with Gasteiger partial charge in [0.15, 0.2) is 0 Å². The van der Waals surface area contributed by atoms with Crippen molar-refractivity contribution in [3.8, 4) is 0 Å². The zero-order chi connectivity index (χ0) is 13.7. The summed E-state index contributed by atoms with van der Waals surface area (Å²) in [6, 6.07) is 6.32. The fourth-order valence-electron chi connectivity index (χ4n) is 2.18. The van der Waals surface area contributed by atoms with E-state index in [0.717, 1.165) is 6.54 Å². The summed E-state index contributed by atoms with van der Waals surface area (Å²) in [7, 11) is 3.47. The number of hydrogen-bond acceptors (Lipinski definition) is 3. The molecular formula is C15H23NO2. The van der Waals surface area contributed by atoms with Crippen LogP contribution < -0.4 is 0 Å². The minimum atomic E-state index is -0.150. The zero-order valence-corrected chi connectivity index (χ0v) is 12.0. The summed E-state index contributed by atoms with van der Waals surface area (Å²) < 4.78 is 4.74. The minimum absolute atomic E-state index is 0.0932. The van der Waals surface area contributed by atoms with E-state index in [1.165, 1.54) is 23.8 Å². The van der Waals surface area contributed by atoms with Gasteiger partial charge in [-0.15, -0.1) is 0 Å². The lowest BCUT2D eigenvalue weighted by atomic mass is 10.0. The van der Waals surface area contributed by atoms with Crippen LogP contribution in [0.2, 0.25) is 0 Å². The second-order valence-electron chi connectivity index (χ2n) is 4.99. The van der Waals surface area contributed by atoms with Gasteiger partial charge in [-0.1, -0.05) is 25.1 Å². The van der Waals surface area contributed by atoms with Gasteiger partial charge in [-0.3, -0.25) is 4.79 Å². The van der Waals surface area contributed by atoms with Gasteiger partial charge in [0.25, 0.3) is 0 Å². The van der Waals surface area contributed by atoms with Crippen LogP contribution in [0.1, 0.15) is 23.6 Å². The first kappa shape index (κ1) is 14.7.